The standard InChI is InChI=1S/C14H21NO3S/c1-11-5-3-6-12(2)15(11)19(17,18)14-8-4-7-13(9-14)10-16/h4,7-9,11-12,16H,3,5-6,10H2,1-2H3. The molecule has 1 fully saturated rings. The summed E-state index contributed by atoms with van der Waals surface area (Å²) in [6.07, 6.45) is 2.89. The Morgan fingerprint density at radius 3 is 2.47 bits per heavy atom. The van der Waals surface area contributed by atoms with E-state index in [0.29, 0.717) is 5.56 Å². The lowest BCUT2D eigenvalue weighted by Gasteiger charge is -2.37. The van der Waals surface area contributed by atoms with E-state index >= 15 is 0 Å². The van der Waals surface area contributed by atoms with Crippen molar-refractivity contribution >= 4 is 10.0 Å². The number of piperidine rings is 1. The Balaban J connectivity index is 2.40. The summed E-state index contributed by atoms with van der Waals surface area (Å²) in [4.78, 5) is 0.277. The molecule has 1 aliphatic rings. The molecule has 0 aliphatic carbocycles. The number of aliphatic hydroxyl groups excluding tert-OH is 1. The van der Waals surface area contributed by atoms with E-state index in [1.165, 1.54) is 0 Å². The van der Waals surface area contributed by atoms with Crippen LogP contribution in [0.25, 0.3) is 0 Å². The van der Waals surface area contributed by atoms with Crippen LogP contribution in [-0.2, 0) is 16.6 Å². The van der Waals surface area contributed by atoms with Crippen LogP contribution in [-0.4, -0.2) is 29.9 Å². The van der Waals surface area contributed by atoms with Crippen molar-refractivity contribution in [2.45, 2.75) is 56.7 Å². The zero-order chi connectivity index (χ0) is 14.0. The molecule has 0 bridgehead atoms. The van der Waals surface area contributed by atoms with Gasteiger partial charge in [0.05, 0.1) is 11.5 Å². The van der Waals surface area contributed by atoms with Gasteiger partial charge in [-0.15, -0.1) is 0 Å². The van der Waals surface area contributed by atoms with Gasteiger partial charge in [0, 0.05) is 12.1 Å². The minimum atomic E-state index is -3.47. The van der Waals surface area contributed by atoms with E-state index in [1.54, 1.807) is 28.6 Å². The lowest BCUT2D eigenvalue weighted by molar-refractivity contribution is 0.204. The summed E-state index contributed by atoms with van der Waals surface area (Å²) >= 11 is 0. The van der Waals surface area contributed by atoms with Gasteiger partial charge in [-0.1, -0.05) is 18.6 Å². The third-order valence-electron chi connectivity index (χ3n) is 3.77. The fourth-order valence-electron chi connectivity index (χ4n) is 2.80. The third kappa shape index (κ3) is 2.83. The fraction of sp³-hybridized carbons (Fsp3) is 0.571. The van der Waals surface area contributed by atoms with Crippen molar-refractivity contribution in [2.24, 2.45) is 0 Å². The van der Waals surface area contributed by atoms with Gasteiger partial charge in [-0.3, -0.25) is 0 Å². The molecule has 1 saturated heterocycles. The van der Waals surface area contributed by atoms with Crippen molar-refractivity contribution in [1.82, 2.24) is 4.31 Å². The SMILES string of the molecule is CC1CCCC(C)N1S(=O)(=O)c1cccc(CO)c1. The highest BCUT2D eigenvalue weighted by Crippen LogP contribution is 2.29. The van der Waals surface area contributed by atoms with Crippen LogP contribution in [0.5, 0.6) is 0 Å². The minimum absolute atomic E-state index is 0.0338. The van der Waals surface area contributed by atoms with E-state index < -0.39 is 10.0 Å². The molecular weight excluding hydrogens is 262 g/mol. The van der Waals surface area contributed by atoms with Gasteiger partial charge in [-0.05, 0) is 44.4 Å². The highest BCUT2D eigenvalue weighted by atomic mass is 32.2. The summed E-state index contributed by atoms with van der Waals surface area (Å²) in [5.74, 6) is 0. The zero-order valence-corrected chi connectivity index (χ0v) is 12.2. The number of aliphatic hydroxyl groups is 1. The highest BCUT2D eigenvalue weighted by Gasteiger charge is 2.35. The van der Waals surface area contributed by atoms with E-state index in [1.807, 2.05) is 13.8 Å². The molecule has 106 valence electrons. The quantitative estimate of drug-likeness (QED) is 0.924. The maximum Gasteiger partial charge on any atom is 0.243 e. The second-order valence-electron chi connectivity index (χ2n) is 5.27. The van der Waals surface area contributed by atoms with E-state index in [-0.39, 0.29) is 23.6 Å². The Labute approximate surface area is 115 Å². The maximum absolute atomic E-state index is 12.7. The van der Waals surface area contributed by atoms with Gasteiger partial charge in [0.2, 0.25) is 10.0 Å². The van der Waals surface area contributed by atoms with Crippen molar-refractivity contribution in [3.05, 3.63) is 29.8 Å². The first kappa shape index (κ1) is 14.5. The van der Waals surface area contributed by atoms with Gasteiger partial charge in [-0.25, -0.2) is 8.42 Å². The van der Waals surface area contributed by atoms with E-state index in [0.717, 1.165) is 19.3 Å². The maximum atomic E-state index is 12.7. The number of hydrogen-bond donors (Lipinski definition) is 1. The molecule has 1 aliphatic heterocycles. The summed E-state index contributed by atoms with van der Waals surface area (Å²) < 4.78 is 27.1. The molecule has 19 heavy (non-hydrogen) atoms. The molecule has 2 atom stereocenters. The summed E-state index contributed by atoms with van der Waals surface area (Å²) in [6, 6.07) is 6.63. The van der Waals surface area contributed by atoms with Gasteiger partial charge < -0.3 is 5.11 Å². The van der Waals surface area contributed by atoms with Gasteiger partial charge in [0.25, 0.3) is 0 Å². The van der Waals surface area contributed by atoms with Crippen molar-refractivity contribution in [2.75, 3.05) is 0 Å². The molecule has 2 rings (SSSR count). The first-order chi connectivity index (χ1) is 8.96. The monoisotopic (exact) mass is 283 g/mol. The molecule has 1 aromatic carbocycles. The Kier molecular flexibility index (Phi) is 4.28. The number of benzene rings is 1. The lowest BCUT2D eigenvalue weighted by atomic mass is 10.0. The molecule has 1 aromatic rings. The molecule has 2 unspecified atom stereocenters. The summed E-state index contributed by atoms with van der Waals surface area (Å²) in [5.41, 5.74) is 0.624. The van der Waals surface area contributed by atoms with E-state index in [2.05, 4.69) is 0 Å². The van der Waals surface area contributed by atoms with Crippen LogP contribution in [0.4, 0.5) is 0 Å². The largest absolute Gasteiger partial charge is 0.392 e. The zero-order valence-electron chi connectivity index (χ0n) is 11.4. The number of sulfonamides is 1. The number of rotatable bonds is 3. The second-order valence-corrected chi connectivity index (χ2v) is 7.11. The Hall–Kier alpha value is -0.910. The molecule has 1 N–H and O–H groups in total. The van der Waals surface area contributed by atoms with Crippen LogP contribution < -0.4 is 0 Å². The first-order valence-electron chi connectivity index (χ1n) is 6.70. The summed E-state index contributed by atoms with van der Waals surface area (Å²) in [7, 11) is -3.47. The average Bonchev–Trinajstić information content (AvgIpc) is 2.38. The van der Waals surface area contributed by atoms with Gasteiger partial charge >= 0.3 is 0 Å². The van der Waals surface area contributed by atoms with Gasteiger partial charge in [0.1, 0.15) is 0 Å². The van der Waals surface area contributed by atoms with Gasteiger partial charge in [-0.2, -0.15) is 4.31 Å². The van der Waals surface area contributed by atoms with Crippen LogP contribution in [0.2, 0.25) is 0 Å². The highest BCUT2D eigenvalue weighted by molar-refractivity contribution is 7.89. The van der Waals surface area contributed by atoms with Crippen LogP contribution in [0, 0.1) is 0 Å². The molecule has 0 amide bonds. The topological polar surface area (TPSA) is 57.6 Å². The summed E-state index contributed by atoms with van der Waals surface area (Å²) in [5, 5.41) is 9.13. The Morgan fingerprint density at radius 1 is 1.26 bits per heavy atom. The number of nitrogens with zero attached hydrogens (tertiary/aromatic N) is 1. The lowest BCUT2D eigenvalue weighted by Crippen LogP contribution is -2.47. The van der Waals surface area contributed by atoms with Crippen molar-refractivity contribution in [3.8, 4) is 0 Å². The fourth-order valence-corrected chi connectivity index (χ4v) is 4.75. The smallest absolute Gasteiger partial charge is 0.243 e. The Bertz CT molecular complexity index is 531. The van der Waals surface area contributed by atoms with Crippen LogP contribution >= 0.6 is 0 Å². The molecule has 5 heteroatoms. The average molecular weight is 283 g/mol. The molecule has 0 saturated carbocycles. The van der Waals surface area contributed by atoms with Crippen molar-refractivity contribution in [3.63, 3.8) is 0 Å². The van der Waals surface area contributed by atoms with Crippen LogP contribution in [0.15, 0.2) is 29.2 Å². The second kappa shape index (κ2) is 5.61. The predicted octanol–water partition coefficient (Wildman–Crippen LogP) is 2.13. The Morgan fingerprint density at radius 2 is 1.89 bits per heavy atom. The summed E-state index contributed by atoms with van der Waals surface area (Å²) in [6.45, 7) is 3.78. The molecular formula is C14H21NO3S. The van der Waals surface area contributed by atoms with Gasteiger partial charge in [0.15, 0.2) is 0 Å². The third-order valence-corrected chi connectivity index (χ3v) is 5.89. The molecule has 1 heterocycles. The molecule has 4 nitrogen and oxygen atoms in total. The predicted molar refractivity (Wildman–Crippen MR) is 74.2 cm³/mol. The van der Waals surface area contributed by atoms with Crippen LogP contribution in [0.3, 0.4) is 0 Å². The molecule has 0 radical (unpaired) electrons. The molecule has 0 spiro atoms. The van der Waals surface area contributed by atoms with E-state index in [4.69, 9.17) is 5.11 Å². The van der Waals surface area contributed by atoms with Crippen LogP contribution in [0.1, 0.15) is 38.7 Å². The molecule has 0 aromatic heterocycles. The van der Waals surface area contributed by atoms with E-state index in [9.17, 15) is 8.42 Å². The first-order valence-corrected chi connectivity index (χ1v) is 8.14. The van der Waals surface area contributed by atoms with Crippen molar-refractivity contribution < 1.29 is 13.5 Å². The number of hydrogen-bond acceptors (Lipinski definition) is 3. The normalized spacial score (nSPS) is 25.4. The minimum Gasteiger partial charge on any atom is -0.392 e. The van der Waals surface area contributed by atoms with Crippen molar-refractivity contribution in [1.29, 1.82) is 0 Å².